The highest BCUT2D eigenvalue weighted by atomic mass is 32.2. The first kappa shape index (κ1) is 16.9. The summed E-state index contributed by atoms with van der Waals surface area (Å²) < 4.78 is 35.3. The van der Waals surface area contributed by atoms with Crippen LogP contribution in [0.3, 0.4) is 0 Å². The predicted molar refractivity (Wildman–Crippen MR) is 71.4 cm³/mol. The van der Waals surface area contributed by atoms with E-state index in [-0.39, 0.29) is 23.6 Å². The summed E-state index contributed by atoms with van der Waals surface area (Å²) in [6.45, 7) is -0.588. The van der Waals surface area contributed by atoms with Gasteiger partial charge in [0.25, 0.3) is 0 Å². The lowest BCUT2D eigenvalue weighted by Gasteiger charge is -2.07. The van der Waals surface area contributed by atoms with Crippen molar-refractivity contribution in [3.63, 3.8) is 0 Å². The summed E-state index contributed by atoms with van der Waals surface area (Å²) in [5, 5.41) is 8.45. The normalized spacial score (nSPS) is 10.9. The third kappa shape index (κ3) is 5.79. The van der Waals surface area contributed by atoms with Gasteiger partial charge in [-0.1, -0.05) is 0 Å². The van der Waals surface area contributed by atoms with E-state index in [1.807, 2.05) is 0 Å². The van der Waals surface area contributed by atoms with Gasteiger partial charge in [0.15, 0.2) is 6.61 Å². The molecule has 0 heterocycles. The summed E-state index contributed by atoms with van der Waals surface area (Å²) in [4.78, 5) is 21.2. The van der Waals surface area contributed by atoms with E-state index in [9.17, 15) is 18.0 Å². The Bertz CT molecular complexity index is 595. The van der Waals surface area contributed by atoms with Gasteiger partial charge < -0.3 is 14.6 Å². The van der Waals surface area contributed by atoms with Crippen LogP contribution in [-0.2, 0) is 24.3 Å². The third-order valence-electron chi connectivity index (χ3n) is 2.35. The number of methoxy groups -OCH3 is 1. The number of ether oxygens (including phenoxy) is 2. The summed E-state index contributed by atoms with van der Waals surface area (Å²) in [6, 6.07) is 5.24. The number of carboxylic acid groups (broad SMARTS) is 1. The van der Waals surface area contributed by atoms with Crippen molar-refractivity contribution in [1.29, 1.82) is 0 Å². The summed E-state index contributed by atoms with van der Waals surface area (Å²) in [5.41, 5.74) is 0. The second-order valence-corrected chi connectivity index (χ2v) is 5.64. The van der Waals surface area contributed by atoms with Gasteiger partial charge in [0.1, 0.15) is 5.75 Å². The van der Waals surface area contributed by atoms with Crippen molar-refractivity contribution in [1.82, 2.24) is 4.72 Å². The predicted octanol–water partition coefficient (Wildman–Crippen LogP) is -0.00860. The van der Waals surface area contributed by atoms with Crippen LogP contribution in [0.4, 0.5) is 0 Å². The molecule has 2 N–H and O–H groups in total. The van der Waals surface area contributed by atoms with Gasteiger partial charge in [-0.25, -0.2) is 17.9 Å². The molecule has 1 aromatic carbocycles. The lowest BCUT2D eigenvalue weighted by Crippen LogP contribution is -2.26. The maximum atomic E-state index is 11.9. The molecule has 1 aromatic rings. The minimum absolute atomic E-state index is 0.0185. The van der Waals surface area contributed by atoms with Crippen molar-refractivity contribution < 1.29 is 32.6 Å². The zero-order valence-corrected chi connectivity index (χ0v) is 12.1. The first-order valence-electron chi connectivity index (χ1n) is 5.86. The van der Waals surface area contributed by atoms with Crippen LogP contribution in [0.2, 0.25) is 0 Å². The van der Waals surface area contributed by atoms with E-state index in [1.54, 1.807) is 0 Å². The van der Waals surface area contributed by atoms with Crippen molar-refractivity contribution >= 4 is 22.0 Å². The van der Waals surface area contributed by atoms with Gasteiger partial charge in [0, 0.05) is 6.54 Å². The lowest BCUT2D eigenvalue weighted by molar-refractivity contribution is -0.140. The molecule has 0 bridgehead atoms. The van der Waals surface area contributed by atoms with Crippen molar-refractivity contribution in [2.24, 2.45) is 0 Å². The van der Waals surface area contributed by atoms with E-state index >= 15 is 0 Å². The molecule has 0 unspecified atom stereocenters. The Morgan fingerprint density at radius 1 is 1.24 bits per heavy atom. The van der Waals surface area contributed by atoms with Crippen molar-refractivity contribution in [3.8, 4) is 5.75 Å². The second-order valence-electron chi connectivity index (χ2n) is 3.88. The van der Waals surface area contributed by atoms with E-state index in [0.29, 0.717) is 0 Å². The molecule has 8 nitrogen and oxygen atoms in total. The highest BCUT2D eigenvalue weighted by Crippen LogP contribution is 2.15. The quantitative estimate of drug-likeness (QED) is 0.647. The second kappa shape index (κ2) is 7.60. The zero-order valence-electron chi connectivity index (χ0n) is 11.2. The molecule has 0 atom stereocenters. The molecule has 0 saturated heterocycles. The molecule has 116 valence electrons. The Hall–Kier alpha value is -2.13. The average molecular weight is 317 g/mol. The molecule has 1 rings (SSSR count). The van der Waals surface area contributed by atoms with Crippen LogP contribution < -0.4 is 9.46 Å². The van der Waals surface area contributed by atoms with Gasteiger partial charge in [0.2, 0.25) is 10.0 Å². The highest BCUT2D eigenvalue weighted by Gasteiger charge is 2.14. The number of rotatable bonds is 8. The van der Waals surface area contributed by atoms with Gasteiger partial charge in [-0.15, -0.1) is 0 Å². The van der Waals surface area contributed by atoms with Gasteiger partial charge in [-0.2, -0.15) is 0 Å². The first-order valence-corrected chi connectivity index (χ1v) is 7.34. The molecule has 0 aromatic heterocycles. The molecule has 0 amide bonds. The largest absolute Gasteiger partial charge is 0.482 e. The number of benzene rings is 1. The van der Waals surface area contributed by atoms with E-state index < -0.39 is 28.6 Å². The first-order chi connectivity index (χ1) is 9.85. The van der Waals surface area contributed by atoms with Crippen LogP contribution >= 0.6 is 0 Å². The Labute approximate surface area is 121 Å². The van der Waals surface area contributed by atoms with Gasteiger partial charge in [0.05, 0.1) is 18.4 Å². The van der Waals surface area contributed by atoms with E-state index in [2.05, 4.69) is 9.46 Å². The van der Waals surface area contributed by atoms with Crippen LogP contribution in [0.5, 0.6) is 5.75 Å². The highest BCUT2D eigenvalue weighted by molar-refractivity contribution is 7.89. The number of carbonyl (C=O) groups excluding carboxylic acids is 1. The molecule has 9 heteroatoms. The van der Waals surface area contributed by atoms with Gasteiger partial charge in [-0.3, -0.25) is 4.79 Å². The minimum Gasteiger partial charge on any atom is -0.482 e. The van der Waals surface area contributed by atoms with Gasteiger partial charge >= 0.3 is 11.9 Å². The van der Waals surface area contributed by atoms with Crippen LogP contribution in [0, 0.1) is 0 Å². The molecule has 0 fully saturated rings. The van der Waals surface area contributed by atoms with Crippen molar-refractivity contribution in [2.45, 2.75) is 11.3 Å². The molecule has 21 heavy (non-hydrogen) atoms. The number of esters is 1. The number of hydrogen-bond donors (Lipinski definition) is 2. The Morgan fingerprint density at radius 3 is 2.38 bits per heavy atom. The maximum Gasteiger partial charge on any atom is 0.341 e. The number of sulfonamides is 1. The minimum atomic E-state index is -3.74. The number of carbonyl (C=O) groups is 2. The van der Waals surface area contributed by atoms with Crippen molar-refractivity contribution in [3.05, 3.63) is 24.3 Å². The maximum absolute atomic E-state index is 11.9. The topological polar surface area (TPSA) is 119 Å². The fraction of sp³-hybridized carbons (Fsp3) is 0.333. The molecular weight excluding hydrogens is 302 g/mol. The fourth-order valence-electron chi connectivity index (χ4n) is 1.33. The summed E-state index contributed by atoms with van der Waals surface area (Å²) in [7, 11) is -2.53. The Balaban J connectivity index is 2.62. The lowest BCUT2D eigenvalue weighted by atomic mass is 10.3. The molecule has 0 aliphatic heterocycles. The zero-order chi connectivity index (χ0) is 15.9. The molecule has 0 radical (unpaired) electrons. The average Bonchev–Trinajstić information content (AvgIpc) is 2.45. The van der Waals surface area contributed by atoms with Crippen LogP contribution in [0.1, 0.15) is 6.42 Å². The van der Waals surface area contributed by atoms with Gasteiger partial charge in [-0.05, 0) is 24.3 Å². The summed E-state index contributed by atoms with van der Waals surface area (Å²) in [5.74, 6) is -1.41. The molecule has 0 spiro atoms. The van der Waals surface area contributed by atoms with E-state index in [1.165, 1.54) is 31.4 Å². The fourth-order valence-corrected chi connectivity index (χ4v) is 2.36. The monoisotopic (exact) mass is 317 g/mol. The molecular formula is C12H15NO7S. The van der Waals surface area contributed by atoms with E-state index in [0.717, 1.165) is 0 Å². The smallest absolute Gasteiger partial charge is 0.341 e. The van der Waals surface area contributed by atoms with Crippen molar-refractivity contribution in [2.75, 3.05) is 20.3 Å². The number of nitrogens with one attached hydrogen (secondary N) is 1. The standard InChI is InChI=1S/C12H15NO7S/c1-19-12(16)6-7-13-21(17,18)10-4-2-9(3-5-10)20-8-11(14)15/h2-5,13H,6-8H2,1H3,(H,14,15). The molecule has 0 aliphatic rings. The molecule has 0 saturated carbocycles. The van der Waals surface area contributed by atoms with Crippen LogP contribution in [0.15, 0.2) is 29.2 Å². The molecule has 0 aliphatic carbocycles. The van der Waals surface area contributed by atoms with E-state index in [4.69, 9.17) is 9.84 Å². The Kier molecular flexibility index (Phi) is 6.12. The number of aliphatic carboxylic acids is 1. The number of carboxylic acids is 1. The Morgan fingerprint density at radius 2 is 1.86 bits per heavy atom. The van der Waals surface area contributed by atoms with Crippen LogP contribution in [0.25, 0.3) is 0 Å². The number of hydrogen-bond acceptors (Lipinski definition) is 6. The SMILES string of the molecule is COC(=O)CCNS(=O)(=O)c1ccc(OCC(=O)O)cc1. The van der Waals surface area contributed by atoms with Crippen LogP contribution in [-0.4, -0.2) is 45.7 Å². The summed E-state index contributed by atoms with van der Waals surface area (Å²) in [6.07, 6.45) is -0.0739. The summed E-state index contributed by atoms with van der Waals surface area (Å²) >= 11 is 0. The third-order valence-corrected chi connectivity index (χ3v) is 3.82.